The van der Waals surface area contributed by atoms with Gasteiger partial charge in [-0.1, -0.05) is 0 Å². The summed E-state index contributed by atoms with van der Waals surface area (Å²) in [6.07, 6.45) is 5.83. The predicted octanol–water partition coefficient (Wildman–Crippen LogP) is 2.42. The third-order valence-corrected chi connectivity index (χ3v) is 7.39. The fourth-order valence-electron chi connectivity index (χ4n) is 3.12. The van der Waals surface area contributed by atoms with Gasteiger partial charge in [-0.2, -0.15) is 0 Å². The summed E-state index contributed by atoms with van der Waals surface area (Å²) in [6.45, 7) is 0. The molecular weight excluding hydrogens is 198 g/mol. The Morgan fingerprint density at radius 3 is 2.15 bits per heavy atom. The molecule has 3 aliphatic rings. The molecule has 3 heteroatoms. The Labute approximate surface area is 89.0 Å². The predicted molar refractivity (Wildman–Crippen MR) is 61.5 cm³/mol. The second-order valence-corrected chi connectivity index (χ2v) is 7.78. The Morgan fingerprint density at radius 2 is 1.62 bits per heavy atom. The molecule has 0 aromatic carbocycles. The van der Waals surface area contributed by atoms with E-state index in [9.17, 15) is 0 Å². The molecule has 0 saturated carbocycles. The van der Waals surface area contributed by atoms with Gasteiger partial charge in [-0.15, -0.1) is 23.5 Å². The van der Waals surface area contributed by atoms with Gasteiger partial charge in [0.05, 0.1) is 4.08 Å². The number of thioether (sulfide) groups is 2. The molecule has 3 rings (SSSR count). The monoisotopic (exact) mass is 215 g/mol. The van der Waals surface area contributed by atoms with Crippen molar-refractivity contribution in [3.63, 3.8) is 0 Å². The quantitative estimate of drug-likeness (QED) is 0.611. The third-order valence-electron chi connectivity index (χ3n) is 3.89. The van der Waals surface area contributed by atoms with Gasteiger partial charge in [-0.3, -0.25) is 0 Å². The van der Waals surface area contributed by atoms with Crippen molar-refractivity contribution in [2.45, 2.75) is 41.8 Å². The van der Waals surface area contributed by atoms with E-state index in [1.165, 1.54) is 37.2 Å². The zero-order chi connectivity index (χ0) is 8.89. The lowest BCUT2D eigenvalue weighted by Crippen LogP contribution is -2.45. The van der Waals surface area contributed by atoms with Crippen LogP contribution in [0.4, 0.5) is 0 Å². The Morgan fingerprint density at radius 1 is 1.08 bits per heavy atom. The molecule has 2 bridgehead atoms. The zero-order valence-electron chi connectivity index (χ0n) is 8.16. The maximum absolute atomic E-state index is 2.64. The van der Waals surface area contributed by atoms with Crippen LogP contribution in [0.15, 0.2) is 0 Å². The van der Waals surface area contributed by atoms with E-state index in [1.807, 2.05) is 0 Å². The van der Waals surface area contributed by atoms with Crippen molar-refractivity contribution < 1.29 is 0 Å². The van der Waals surface area contributed by atoms with Crippen molar-refractivity contribution in [3.8, 4) is 0 Å². The van der Waals surface area contributed by atoms with E-state index in [4.69, 9.17) is 0 Å². The first kappa shape index (κ1) is 8.93. The molecule has 3 aliphatic heterocycles. The maximum Gasteiger partial charge on any atom is 0.0641 e. The lowest BCUT2D eigenvalue weighted by Gasteiger charge is -2.42. The van der Waals surface area contributed by atoms with Gasteiger partial charge in [0.1, 0.15) is 0 Å². The van der Waals surface area contributed by atoms with Crippen molar-refractivity contribution in [3.05, 3.63) is 0 Å². The van der Waals surface area contributed by atoms with E-state index in [0.29, 0.717) is 4.08 Å². The van der Waals surface area contributed by atoms with E-state index in [2.05, 4.69) is 35.5 Å². The van der Waals surface area contributed by atoms with Gasteiger partial charge in [-0.05, 0) is 32.7 Å². The first-order valence-electron chi connectivity index (χ1n) is 5.29. The summed E-state index contributed by atoms with van der Waals surface area (Å²) >= 11 is 4.50. The van der Waals surface area contributed by atoms with Gasteiger partial charge in [-0.25, -0.2) is 0 Å². The van der Waals surface area contributed by atoms with Crippen molar-refractivity contribution in [1.29, 1.82) is 0 Å². The highest BCUT2D eigenvalue weighted by atomic mass is 32.2. The molecule has 0 amide bonds. The second kappa shape index (κ2) is 3.07. The van der Waals surface area contributed by atoms with Gasteiger partial charge in [0.15, 0.2) is 0 Å². The van der Waals surface area contributed by atoms with Crippen LogP contribution in [0.25, 0.3) is 0 Å². The van der Waals surface area contributed by atoms with Crippen LogP contribution in [0.5, 0.6) is 0 Å². The molecule has 0 aromatic rings. The van der Waals surface area contributed by atoms with Gasteiger partial charge >= 0.3 is 0 Å². The lowest BCUT2D eigenvalue weighted by atomic mass is 10.0. The van der Waals surface area contributed by atoms with Crippen LogP contribution in [0.3, 0.4) is 0 Å². The largest absolute Gasteiger partial charge is 0.300 e. The zero-order valence-corrected chi connectivity index (χ0v) is 9.79. The lowest BCUT2D eigenvalue weighted by molar-refractivity contribution is 0.176. The Kier molecular flexibility index (Phi) is 2.11. The Bertz CT molecular complexity index is 197. The first-order valence-corrected chi connectivity index (χ1v) is 7.26. The van der Waals surface area contributed by atoms with E-state index in [-0.39, 0.29) is 0 Å². The topological polar surface area (TPSA) is 3.24 Å². The summed E-state index contributed by atoms with van der Waals surface area (Å²) in [5.74, 6) is 2.79. The summed E-state index contributed by atoms with van der Waals surface area (Å²) in [7, 11) is 2.33. The molecular formula is C10H17NS2. The van der Waals surface area contributed by atoms with Crippen molar-refractivity contribution in [2.75, 3.05) is 18.6 Å². The second-order valence-electron chi connectivity index (χ2n) is 4.57. The van der Waals surface area contributed by atoms with E-state index >= 15 is 0 Å². The molecule has 0 aromatic heterocycles. The average Bonchev–Trinajstić information content (AvgIpc) is 2.60. The molecule has 3 saturated heterocycles. The molecule has 3 heterocycles. The molecule has 13 heavy (non-hydrogen) atoms. The van der Waals surface area contributed by atoms with Crippen LogP contribution in [0.2, 0.25) is 0 Å². The van der Waals surface area contributed by atoms with Crippen LogP contribution in [-0.2, 0) is 0 Å². The third kappa shape index (κ3) is 1.35. The highest BCUT2D eigenvalue weighted by Crippen LogP contribution is 2.56. The summed E-state index contributed by atoms with van der Waals surface area (Å²) in [6, 6.07) is 1.83. The van der Waals surface area contributed by atoms with Crippen LogP contribution in [0.1, 0.15) is 25.7 Å². The molecule has 3 fully saturated rings. The number of hydrogen-bond acceptors (Lipinski definition) is 3. The summed E-state index contributed by atoms with van der Waals surface area (Å²) < 4.78 is 0.651. The molecule has 2 atom stereocenters. The number of piperidine rings is 1. The SMILES string of the molecule is CN1[C@H]2CC[C@H]1CC1(C2)SCCS1. The highest BCUT2D eigenvalue weighted by molar-refractivity contribution is 8.21. The van der Waals surface area contributed by atoms with Crippen molar-refractivity contribution in [1.82, 2.24) is 4.90 Å². The number of fused-ring (bicyclic) bond motifs is 2. The van der Waals surface area contributed by atoms with Crippen LogP contribution < -0.4 is 0 Å². The highest BCUT2D eigenvalue weighted by Gasteiger charge is 2.48. The molecule has 0 unspecified atom stereocenters. The fraction of sp³-hybridized carbons (Fsp3) is 1.00. The van der Waals surface area contributed by atoms with E-state index in [1.54, 1.807) is 0 Å². The van der Waals surface area contributed by atoms with Crippen LogP contribution >= 0.6 is 23.5 Å². The molecule has 0 radical (unpaired) electrons. The Balaban J connectivity index is 1.82. The molecule has 1 nitrogen and oxygen atoms in total. The molecule has 0 aliphatic carbocycles. The van der Waals surface area contributed by atoms with Crippen molar-refractivity contribution >= 4 is 23.5 Å². The van der Waals surface area contributed by atoms with Gasteiger partial charge < -0.3 is 4.90 Å². The Hall–Kier alpha value is 0.660. The minimum Gasteiger partial charge on any atom is -0.300 e. The van der Waals surface area contributed by atoms with Crippen molar-refractivity contribution in [2.24, 2.45) is 0 Å². The van der Waals surface area contributed by atoms with Gasteiger partial charge in [0.25, 0.3) is 0 Å². The molecule has 74 valence electrons. The van der Waals surface area contributed by atoms with Crippen LogP contribution in [0, 0.1) is 0 Å². The first-order chi connectivity index (χ1) is 6.29. The fourth-order valence-corrected chi connectivity index (χ4v) is 6.60. The normalized spacial score (nSPS) is 43.2. The molecule has 1 spiro atoms. The summed E-state index contributed by atoms with van der Waals surface area (Å²) in [5.41, 5.74) is 0. The molecule has 0 N–H and O–H groups in total. The van der Waals surface area contributed by atoms with Crippen LogP contribution in [-0.4, -0.2) is 39.6 Å². The minimum absolute atomic E-state index is 0.651. The standard InChI is InChI=1S/C10H17NS2/c1-11-8-2-3-9(11)7-10(6-8)12-4-5-13-10/h8-9H,2-7H2,1H3/t8-,9-/m0/s1. The minimum atomic E-state index is 0.651. The van der Waals surface area contributed by atoms with Gasteiger partial charge in [0.2, 0.25) is 0 Å². The van der Waals surface area contributed by atoms with Gasteiger partial charge in [0, 0.05) is 23.6 Å². The number of rotatable bonds is 0. The van der Waals surface area contributed by atoms with E-state index < -0.39 is 0 Å². The summed E-state index contributed by atoms with van der Waals surface area (Å²) in [4.78, 5) is 2.64. The maximum atomic E-state index is 2.64. The number of nitrogens with zero attached hydrogens (tertiary/aromatic N) is 1. The summed E-state index contributed by atoms with van der Waals surface area (Å²) in [5, 5.41) is 0. The van der Waals surface area contributed by atoms with E-state index in [0.717, 1.165) is 12.1 Å². The smallest absolute Gasteiger partial charge is 0.0641 e. The average molecular weight is 215 g/mol. The number of hydrogen-bond donors (Lipinski definition) is 0.